The first-order valence-electron chi connectivity index (χ1n) is 13.3. The predicted octanol–water partition coefficient (Wildman–Crippen LogP) is -1.73. The summed E-state index contributed by atoms with van der Waals surface area (Å²) in [6.07, 6.45) is -1.16. The lowest BCUT2D eigenvalue weighted by molar-refractivity contribution is -0.385. The molecule has 1 unspecified atom stereocenters. The van der Waals surface area contributed by atoms with Gasteiger partial charge in [-0.1, -0.05) is 0 Å². The first-order chi connectivity index (χ1) is 20.7. The second kappa shape index (κ2) is 14.8. The van der Waals surface area contributed by atoms with Crippen molar-refractivity contribution in [3.63, 3.8) is 0 Å². The van der Waals surface area contributed by atoms with E-state index in [0.29, 0.717) is 6.42 Å². The smallest absolute Gasteiger partial charge is 0.305 e. The number of nitro benzene ring substituents is 1. The number of ether oxygens (including phenoxy) is 1. The first kappa shape index (κ1) is 33.9. The monoisotopic (exact) mass is 731 g/mol. The fourth-order valence-electron chi connectivity index (χ4n) is 4.74. The molecule has 0 bridgehead atoms. The fourth-order valence-corrected chi connectivity index (χ4v) is 5.51. The zero-order valence-electron chi connectivity index (χ0n) is 23.1. The molecule has 0 spiro atoms. The van der Waals surface area contributed by atoms with Crippen LogP contribution in [-0.2, 0) is 28.8 Å². The number of carbonyl (C=O) groups excluding carboxylic acids is 6. The number of nitro groups is 1. The minimum atomic E-state index is -1.63. The molecule has 0 aromatic heterocycles. The van der Waals surface area contributed by atoms with Crippen molar-refractivity contribution < 1.29 is 48.3 Å². The van der Waals surface area contributed by atoms with Crippen molar-refractivity contribution in [3.05, 3.63) is 31.4 Å². The van der Waals surface area contributed by atoms with Crippen LogP contribution in [0.25, 0.3) is 0 Å². The van der Waals surface area contributed by atoms with E-state index >= 15 is 0 Å². The number of carboxylic acid groups (broad SMARTS) is 1. The molecule has 1 aromatic rings. The number of nitrogens with one attached hydrogen (secondary N) is 3. The number of nitrogens with zero attached hydrogens (tertiary/aromatic N) is 2. The van der Waals surface area contributed by atoms with E-state index in [2.05, 4.69) is 16.0 Å². The lowest BCUT2D eigenvalue weighted by Gasteiger charge is -2.29. The Kier molecular flexibility index (Phi) is 11.4. The van der Waals surface area contributed by atoms with Crippen LogP contribution in [0.4, 0.5) is 5.69 Å². The lowest BCUT2D eigenvalue weighted by Crippen LogP contribution is -2.58. The number of amides is 6. The van der Waals surface area contributed by atoms with Gasteiger partial charge in [-0.05, 0) is 41.9 Å². The summed E-state index contributed by atoms with van der Waals surface area (Å²) >= 11 is 1.74. The van der Waals surface area contributed by atoms with Gasteiger partial charge in [0.15, 0.2) is 0 Å². The van der Waals surface area contributed by atoms with E-state index in [1.54, 1.807) is 22.6 Å². The predicted molar refractivity (Wildman–Crippen MR) is 156 cm³/mol. The third-order valence-corrected chi connectivity index (χ3v) is 7.72. The summed E-state index contributed by atoms with van der Waals surface area (Å²) in [4.78, 5) is 100. The number of fused-ring (bicyclic) bond motifs is 2. The van der Waals surface area contributed by atoms with E-state index < -0.39 is 82.6 Å². The number of primary amides is 2. The Hall–Kier alpha value is -4.56. The molecule has 2 aliphatic rings. The average molecular weight is 731 g/mol. The topological polar surface area (TPSA) is 283 Å². The van der Waals surface area contributed by atoms with E-state index in [1.807, 2.05) is 0 Å². The molecule has 6 amide bonds. The van der Waals surface area contributed by atoms with E-state index in [9.17, 15) is 43.7 Å². The maximum atomic E-state index is 13.7. The van der Waals surface area contributed by atoms with Crippen molar-refractivity contribution in [3.8, 4) is 5.75 Å². The molecule has 1 saturated heterocycles. The fraction of sp³-hybridized carbons (Fsp3) is 0.480. The normalized spacial score (nSPS) is 21.3. The van der Waals surface area contributed by atoms with Crippen molar-refractivity contribution in [2.45, 2.75) is 62.7 Å². The molecule has 1 fully saturated rings. The van der Waals surface area contributed by atoms with Gasteiger partial charge in [-0.25, -0.2) is 0 Å². The molecule has 8 N–H and O–H groups in total. The number of halogens is 1. The standard InChI is InChI=1S/C25H30IN7O11/c26-13-9-11(33(42)43)8-12-20(13)44-7-5-15(23(39)31-16(21(28)37)10-19(35)36)29-22(38)14(3-4-18(27)34)30-24(40)17-2-1-6-32(17)25(12)41/h8-9,14-17H,1-7,10H2,(H2,27,34)(H2,28,37)(H,29,38)(H,30,40)(H,31,39)(H,35,36)/t14-,15-,16?,17-/m0/s1. The van der Waals surface area contributed by atoms with Crippen LogP contribution in [0, 0.1) is 13.7 Å². The molecule has 44 heavy (non-hydrogen) atoms. The van der Waals surface area contributed by atoms with Crippen molar-refractivity contribution in [1.82, 2.24) is 20.9 Å². The molecule has 4 atom stereocenters. The van der Waals surface area contributed by atoms with Crippen molar-refractivity contribution in [1.29, 1.82) is 0 Å². The Balaban J connectivity index is 2.05. The summed E-state index contributed by atoms with van der Waals surface area (Å²) in [7, 11) is 0. The molecular formula is C25H30IN7O11. The molecule has 0 saturated carbocycles. The quantitative estimate of drug-likeness (QED) is 0.0943. The summed E-state index contributed by atoms with van der Waals surface area (Å²) in [5, 5.41) is 27.7. The van der Waals surface area contributed by atoms with Gasteiger partial charge in [0, 0.05) is 31.5 Å². The number of carbonyl (C=O) groups is 7. The number of hydrogen-bond donors (Lipinski definition) is 6. The highest BCUT2D eigenvalue weighted by Gasteiger charge is 2.39. The summed E-state index contributed by atoms with van der Waals surface area (Å²) < 4.78 is 6.01. The highest BCUT2D eigenvalue weighted by atomic mass is 127. The number of nitrogens with two attached hydrogens (primary N) is 2. The van der Waals surface area contributed by atoms with Crippen molar-refractivity contribution in [2.24, 2.45) is 11.5 Å². The van der Waals surface area contributed by atoms with Gasteiger partial charge >= 0.3 is 5.97 Å². The molecule has 0 aliphatic carbocycles. The van der Waals surface area contributed by atoms with Gasteiger partial charge < -0.3 is 42.2 Å². The Morgan fingerprint density at radius 3 is 2.48 bits per heavy atom. The van der Waals surface area contributed by atoms with Gasteiger partial charge in [0.1, 0.15) is 29.9 Å². The minimum absolute atomic E-state index is 0.0602. The number of carboxylic acids is 1. The molecule has 238 valence electrons. The van der Waals surface area contributed by atoms with Crippen LogP contribution in [-0.4, -0.2) is 93.7 Å². The summed E-state index contributed by atoms with van der Waals surface area (Å²) in [6, 6.07) is -3.42. The van der Waals surface area contributed by atoms with Gasteiger partial charge in [-0.15, -0.1) is 0 Å². The molecule has 18 nitrogen and oxygen atoms in total. The van der Waals surface area contributed by atoms with E-state index in [1.165, 1.54) is 11.0 Å². The molecule has 1 aromatic carbocycles. The third-order valence-electron chi connectivity index (χ3n) is 6.92. The van der Waals surface area contributed by atoms with Gasteiger partial charge in [-0.2, -0.15) is 0 Å². The maximum Gasteiger partial charge on any atom is 0.305 e. The molecule has 0 radical (unpaired) electrons. The third kappa shape index (κ3) is 8.51. The summed E-state index contributed by atoms with van der Waals surface area (Å²) in [5.41, 5.74) is 9.85. The minimum Gasteiger partial charge on any atom is -0.492 e. The van der Waals surface area contributed by atoms with Gasteiger partial charge in [0.25, 0.3) is 11.6 Å². The zero-order chi connectivity index (χ0) is 32.7. The zero-order valence-corrected chi connectivity index (χ0v) is 25.2. The molecular weight excluding hydrogens is 701 g/mol. The van der Waals surface area contributed by atoms with Crippen LogP contribution in [0.5, 0.6) is 5.75 Å². The van der Waals surface area contributed by atoms with Crippen LogP contribution >= 0.6 is 22.6 Å². The van der Waals surface area contributed by atoms with Crippen molar-refractivity contribution in [2.75, 3.05) is 13.2 Å². The number of non-ortho nitro benzene ring substituents is 1. The maximum absolute atomic E-state index is 13.7. The van der Waals surface area contributed by atoms with Gasteiger partial charge in [-0.3, -0.25) is 43.7 Å². The molecule has 19 heteroatoms. The van der Waals surface area contributed by atoms with Crippen molar-refractivity contribution >= 4 is 69.7 Å². The number of hydrogen-bond acceptors (Lipinski definition) is 10. The Labute approximate surface area is 262 Å². The van der Waals surface area contributed by atoms with Crippen LogP contribution in [0.3, 0.4) is 0 Å². The Morgan fingerprint density at radius 1 is 1.16 bits per heavy atom. The first-order valence-corrected chi connectivity index (χ1v) is 14.4. The van der Waals surface area contributed by atoms with E-state index in [-0.39, 0.29) is 53.7 Å². The average Bonchev–Trinajstić information content (AvgIpc) is 3.43. The summed E-state index contributed by atoms with van der Waals surface area (Å²) in [6.45, 7) is -0.220. The largest absolute Gasteiger partial charge is 0.492 e. The lowest BCUT2D eigenvalue weighted by atomic mass is 10.1. The number of benzene rings is 1. The van der Waals surface area contributed by atoms with E-state index in [0.717, 1.165) is 6.07 Å². The second-order valence-electron chi connectivity index (χ2n) is 10.0. The van der Waals surface area contributed by atoms with Crippen LogP contribution in [0.15, 0.2) is 12.1 Å². The molecule has 2 aliphatic heterocycles. The molecule has 2 heterocycles. The van der Waals surface area contributed by atoms with Crippen LogP contribution < -0.4 is 32.2 Å². The Morgan fingerprint density at radius 2 is 1.86 bits per heavy atom. The Bertz CT molecular complexity index is 1390. The van der Waals surface area contributed by atoms with Gasteiger partial charge in [0.05, 0.1) is 27.1 Å². The van der Waals surface area contributed by atoms with Crippen LogP contribution in [0.1, 0.15) is 48.9 Å². The SMILES string of the molecule is NC(=O)CC[C@@H]1NC(=O)[C@@H]2CCCN2C(=O)c2cc([N+](=O)[O-])cc(I)c2OCC[C@@H](C(=O)NC(CC(=O)O)C(N)=O)NC1=O. The summed E-state index contributed by atoms with van der Waals surface area (Å²) in [5.74, 6) is -6.85. The van der Waals surface area contributed by atoms with E-state index in [4.69, 9.17) is 21.3 Å². The van der Waals surface area contributed by atoms with Gasteiger partial charge in [0.2, 0.25) is 29.5 Å². The van der Waals surface area contributed by atoms with Crippen LogP contribution in [0.2, 0.25) is 0 Å². The highest BCUT2D eigenvalue weighted by molar-refractivity contribution is 14.1. The molecule has 3 rings (SSSR count). The number of rotatable bonds is 9. The highest BCUT2D eigenvalue weighted by Crippen LogP contribution is 2.34. The number of aliphatic carboxylic acids is 1. The second-order valence-corrected chi connectivity index (χ2v) is 11.2.